The fourth-order valence-corrected chi connectivity index (χ4v) is 7.38. The van der Waals surface area contributed by atoms with E-state index in [0.717, 1.165) is 66.9 Å². The van der Waals surface area contributed by atoms with Gasteiger partial charge in [-0.05, 0) is 85.8 Å². The van der Waals surface area contributed by atoms with Crippen molar-refractivity contribution < 1.29 is 14.5 Å². The van der Waals surface area contributed by atoms with E-state index in [9.17, 15) is 14.9 Å². The van der Waals surface area contributed by atoms with Crippen LogP contribution in [0.5, 0.6) is 0 Å². The van der Waals surface area contributed by atoms with Crippen LogP contribution in [0.3, 0.4) is 0 Å². The molecule has 1 atom stereocenters. The third kappa shape index (κ3) is 16.4. The van der Waals surface area contributed by atoms with E-state index < -0.39 is 4.92 Å². The van der Waals surface area contributed by atoms with Crippen molar-refractivity contribution in [3.05, 3.63) is 102 Å². The number of piperazine rings is 1. The SMILES string of the molecule is C=C.CC.CCC(C)CN1CCN(c2ccc(C(=O)NSc3ccc(NCCSc4ccccc4)c([N+](=O)[O-])c3)cc2)CC1.CCN1CCC(OC)CC1. The van der Waals surface area contributed by atoms with Gasteiger partial charge in [-0.3, -0.25) is 24.5 Å². The molecule has 3 aromatic carbocycles. The first-order valence-corrected chi connectivity index (χ1v) is 21.1. The number of nitro benzene ring substituents is 1. The van der Waals surface area contributed by atoms with Crippen LogP contribution in [0.15, 0.2) is 95.7 Å². The van der Waals surface area contributed by atoms with Crippen molar-refractivity contribution in [2.45, 2.75) is 69.8 Å². The average molecular weight is 781 g/mol. The molecule has 1 unspecified atom stereocenters. The van der Waals surface area contributed by atoms with E-state index in [4.69, 9.17) is 4.74 Å². The first kappa shape index (κ1) is 46.6. The van der Waals surface area contributed by atoms with Crippen molar-refractivity contribution in [3.8, 4) is 0 Å². The monoisotopic (exact) mass is 780 g/mol. The molecule has 10 nitrogen and oxygen atoms in total. The van der Waals surface area contributed by atoms with E-state index in [2.05, 4.69) is 58.7 Å². The molecule has 0 radical (unpaired) electrons. The lowest BCUT2D eigenvalue weighted by atomic mass is 10.1. The van der Waals surface area contributed by atoms with Crippen LogP contribution in [-0.2, 0) is 4.74 Å². The van der Waals surface area contributed by atoms with E-state index in [-0.39, 0.29) is 11.6 Å². The third-order valence-corrected chi connectivity index (χ3v) is 11.1. The highest BCUT2D eigenvalue weighted by Crippen LogP contribution is 2.30. The zero-order valence-corrected chi connectivity index (χ0v) is 35.1. The van der Waals surface area contributed by atoms with Gasteiger partial charge < -0.3 is 19.9 Å². The summed E-state index contributed by atoms with van der Waals surface area (Å²) in [5.74, 6) is 1.26. The number of hydrogen-bond acceptors (Lipinski definition) is 10. The summed E-state index contributed by atoms with van der Waals surface area (Å²) in [5.41, 5.74) is 2.12. The summed E-state index contributed by atoms with van der Waals surface area (Å²) in [5, 5.41) is 14.8. The van der Waals surface area contributed by atoms with Crippen molar-refractivity contribution in [1.29, 1.82) is 0 Å². The molecular formula is C42H64N6O4S2. The van der Waals surface area contributed by atoms with Crippen LogP contribution in [0, 0.1) is 16.0 Å². The summed E-state index contributed by atoms with van der Waals surface area (Å²) in [7, 11) is 1.81. The number of methoxy groups -OCH3 is 1. The zero-order valence-electron chi connectivity index (χ0n) is 33.4. The Labute approximate surface area is 333 Å². The molecule has 54 heavy (non-hydrogen) atoms. The summed E-state index contributed by atoms with van der Waals surface area (Å²) in [6.45, 7) is 26.2. The maximum Gasteiger partial charge on any atom is 0.293 e. The number of thioether (sulfide) groups is 1. The molecule has 0 aliphatic carbocycles. The molecule has 5 rings (SSSR count). The van der Waals surface area contributed by atoms with Crippen molar-refractivity contribution in [2.24, 2.45) is 5.92 Å². The highest BCUT2D eigenvalue weighted by Gasteiger charge is 2.20. The highest BCUT2D eigenvalue weighted by molar-refractivity contribution is 7.99. The van der Waals surface area contributed by atoms with Gasteiger partial charge in [-0.15, -0.1) is 24.9 Å². The van der Waals surface area contributed by atoms with Crippen molar-refractivity contribution in [3.63, 3.8) is 0 Å². The number of piperidine rings is 1. The van der Waals surface area contributed by atoms with Crippen LogP contribution in [0.1, 0.15) is 64.2 Å². The van der Waals surface area contributed by atoms with Gasteiger partial charge in [0.15, 0.2) is 0 Å². The molecule has 2 fully saturated rings. The number of rotatable bonds is 15. The molecule has 1 amide bonds. The number of benzene rings is 3. The molecule has 3 aromatic rings. The molecule has 0 saturated carbocycles. The summed E-state index contributed by atoms with van der Waals surface area (Å²) >= 11 is 2.77. The Balaban J connectivity index is 0.000000612. The Morgan fingerprint density at radius 1 is 0.926 bits per heavy atom. The van der Waals surface area contributed by atoms with Gasteiger partial charge in [0.1, 0.15) is 5.69 Å². The molecule has 12 heteroatoms. The normalized spacial score (nSPS) is 15.3. The predicted octanol–water partition coefficient (Wildman–Crippen LogP) is 9.35. The summed E-state index contributed by atoms with van der Waals surface area (Å²) in [6.07, 6.45) is 4.16. The minimum Gasteiger partial charge on any atom is -0.381 e. The number of anilines is 2. The molecule has 0 aromatic heterocycles. The quantitative estimate of drug-likeness (QED) is 0.0388. The van der Waals surface area contributed by atoms with Gasteiger partial charge in [0.25, 0.3) is 11.6 Å². The number of carbonyl (C=O) groups is 1. The number of nitro groups is 1. The van der Waals surface area contributed by atoms with E-state index in [1.807, 2.05) is 75.6 Å². The van der Waals surface area contributed by atoms with Gasteiger partial charge in [0.2, 0.25) is 0 Å². The van der Waals surface area contributed by atoms with Crippen LogP contribution in [-0.4, -0.2) is 98.5 Å². The van der Waals surface area contributed by atoms with Crippen LogP contribution >= 0.6 is 23.7 Å². The molecule has 2 heterocycles. The van der Waals surface area contributed by atoms with Gasteiger partial charge in [-0.1, -0.05) is 59.2 Å². The van der Waals surface area contributed by atoms with Gasteiger partial charge in [0.05, 0.1) is 11.0 Å². The molecular weight excluding hydrogens is 717 g/mol. The minimum absolute atomic E-state index is 0.0161. The Kier molecular flexibility index (Phi) is 23.4. The number of nitrogens with one attached hydrogen (secondary N) is 2. The standard InChI is InChI=1S/C30H37N5O3S2.C8H17NO.C2H6.C2H4/c1-3-23(2)22-33-16-18-34(19-17-33)25-11-9-24(10-12-25)30(36)32-40-27-13-14-28(29(21-27)35(37)38)31-15-20-39-26-7-5-4-6-8-26;1-3-9-6-4-8(10-2)5-7-9;2*1-2/h4-14,21,23,31H,3,15-20,22H2,1-2H3,(H,32,36);8H,3-7H2,1-2H3;1-2H3;1-2H2. The van der Waals surface area contributed by atoms with E-state index in [0.29, 0.717) is 28.8 Å². The van der Waals surface area contributed by atoms with Crippen LogP contribution in [0.4, 0.5) is 17.1 Å². The minimum atomic E-state index is -0.401. The smallest absolute Gasteiger partial charge is 0.293 e. The van der Waals surface area contributed by atoms with Crippen LogP contribution < -0.4 is 14.9 Å². The number of carbonyl (C=O) groups excluding carboxylic acids is 1. The van der Waals surface area contributed by atoms with E-state index >= 15 is 0 Å². The van der Waals surface area contributed by atoms with Crippen molar-refractivity contribution >= 4 is 46.7 Å². The summed E-state index contributed by atoms with van der Waals surface area (Å²) < 4.78 is 8.07. The maximum absolute atomic E-state index is 12.8. The number of likely N-dealkylation sites (tertiary alicyclic amines) is 1. The second kappa shape index (κ2) is 27.1. The van der Waals surface area contributed by atoms with Crippen molar-refractivity contribution in [1.82, 2.24) is 14.5 Å². The van der Waals surface area contributed by atoms with Crippen molar-refractivity contribution in [2.75, 3.05) is 82.0 Å². The lowest BCUT2D eigenvalue weighted by Crippen LogP contribution is -2.47. The Morgan fingerprint density at radius 2 is 1.57 bits per heavy atom. The van der Waals surface area contributed by atoms with Crippen LogP contribution in [0.2, 0.25) is 0 Å². The largest absolute Gasteiger partial charge is 0.381 e. The maximum atomic E-state index is 12.8. The van der Waals surface area contributed by atoms with Gasteiger partial charge in [-0.25, -0.2) is 0 Å². The molecule has 2 N–H and O–H groups in total. The lowest BCUT2D eigenvalue weighted by molar-refractivity contribution is -0.384. The summed E-state index contributed by atoms with van der Waals surface area (Å²) in [4.78, 5) is 33.2. The number of hydrogen-bond donors (Lipinski definition) is 2. The Hall–Kier alpha value is -3.55. The van der Waals surface area contributed by atoms with Gasteiger partial charge in [-0.2, -0.15) is 0 Å². The van der Waals surface area contributed by atoms with Gasteiger partial charge in [0, 0.05) is 92.3 Å². The fourth-order valence-electron chi connectivity index (χ4n) is 5.95. The molecule has 0 bridgehead atoms. The Morgan fingerprint density at radius 3 is 2.15 bits per heavy atom. The molecule has 2 aliphatic rings. The predicted molar refractivity (Wildman–Crippen MR) is 231 cm³/mol. The highest BCUT2D eigenvalue weighted by atomic mass is 32.2. The second-order valence-corrected chi connectivity index (χ2v) is 14.8. The number of ether oxygens (including phenoxy) is 1. The topological polar surface area (TPSA) is 103 Å². The fraction of sp³-hybridized carbons (Fsp3) is 0.500. The number of amides is 1. The summed E-state index contributed by atoms with van der Waals surface area (Å²) in [6, 6.07) is 22.6. The number of nitrogens with zero attached hydrogens (tertiary/aromatic N) is 4. The molecule has 0 spiro atoms. The van der Waals surface area contributed by atoms with E-state index in [1.165, 1.54) is 45.0 Å². The van der Waals surface area contributed by atoms with Gasteiger partial charge >= 0.3 is 0 Å². The molecule has 2 aliphatic heterocycles. The second-order valence-electron chi connectivity index (χ2n) is 12.8. The Bertz CT molecular complexity index is 1460. The van der Waals surface area contributed by atoms with Crippen LogP contribution in [0.25, 0.3) is 0 Å². The third-order valence-electron chi connectivity index (χ3n) is 9.31. The lowest BCUT2D eigenvalue weighted by Gasteiger charge is -2.37. The molecule has 298 valence electrons. The zero-order chi connectivity index (χ0) is 39.7. The first-order valence-electron chi connectivity index (χ1n) is 19.3. The average Bonchev–Trinajstić information content (AvgIpc) is 3.24. The van der Waals surface area contributed by atoms with E-state index in [1.54, 1.807) is 23.9 Å². The molecule has 2 saturated heterocycles. The first-order chi connectivity index (χ1) is 26.3.